The Morgan fingerprint density at radius 2 is 1.41 bits per heavy atom. The van der Waals surface area contributed by atoms with E-state index in [0.29, 0.717) is 30.2 Å². The van der Waals surface area contributed by atoms with Gasteiger partial charge in [-0.15, -0.1) is 0 Å². The Hall–Kier alpha value is -3.17. The molecule has 0 aliphatic carbocycles. The Morgan fingerprint density at radius 3 is 1.94 bits per heavy atom. The lowest BCUT2D eigenvalue weighted by molar-refractivity contribution is -0.141. The van der Waals surface area contributed by atoms with Crippen LogP contribution in [0.5, 0.6) is 0 Å². The van der Waals surface area contributed by atoms with Crippen molar-refractivity contribution in [3.63, 3.8) is 0 Å². The zero-order valence-electron chi connectivity index (χ0n) is 20.6. The standard InChI is InChI=1S/C25H33NO8/c1-7-31-23(28)18-15(5)26-21(25(33-9-3)34-10-4)20(24(29)32-8-2)19(18)16-13-11-12-14-17(16)22(27)30-6/h11-14,19,25-26H,7-10H2,1-6H3. The van der Waals surface area contributed by atoms with Crippen molar-refractivity contribution in [2.45, 2.75) is 46.8 Å². The minimum Gasteiger partial charge on any atom is -0.465 e. The fourth-order valence-electron chi connectivity index (χ4n) is 3.83. The van der Waals surface area contributed by atoms with Crippen LogP contribution in [0.3, 0.4) is 0 Å². The lowest BCUT2D eigenvalue weighted by Gasteiger charge is -2.34. The van der Waals surface area contributed by atoms with Gasteiger partial charge in [-0.1, -0.05) is 18.2 Å². The lowest BCUT2D eigenvalue weighted by atomic mass is 9.78. The van der Waals surface area contributed by atoms with Gasteiger partial charge in [0, 0.05) is 18.9 Å². The number of rotatable bonds is 11. The van der Waals surface area contributed by atoms with Crippen molar-refractivity contribution in [3.8, 4) is 0 Å². The van der Waals surface area contributed by atoms with Crippen LogP contribution in [0.15, 0.2) is 46.8 Å². The second-order valence-electron chi connectivity index (χ2n) is 7.19. The quantitative estimate of drug-likeness (QED) is 0.293. The van der Waals surface area contributed by atoms with Gasteiger partial charge in [-0.2, -0.15) is 0 Å². The number of esters is 3. The molecule has 1 aromatic rings. The summed E-state index contributed by atoms with van der Waals surface area (Å²) in [5.41, 5.74) is 1.62. The van der Waals surface area contributed by atoms with Crippen molar-refractivity contribution in [1.29, 1.82) is 0 Å². The van der Waals surface area contributed by atoms with Crippen molar-refractivity contribution in [2.75, 3.05) is 33.5 Å². The molecular formula is C25H33NO8. The molecule has 9 nitrogen and oxygen atoms in total. The van der Waals surface area contributed by atoms with Gasteiger partial charge in [0.25, 0.3) is 0 Å². The maximum Gasteiger partial charge on any atom is 0.338 e. The van der Waals surface area contributed by atoms with Crippen molar-refractivity contribution in [3.05, 3.63) is 57.9 Å². The van der Waals surface area contributed by atoms with Gasteiger partial charge < -0.3 is 29.0 Å². The Balaban J connectivity index is 2.91. The molecule has 0 aromatic heterocycles. The molecule has 0 amide bonds. The number of benzene rings is 1. The zero-order chi connectivity index (χ0) is 25.3. The second kappa shape index (κ2) is 12.9. The Bertz CT molecular complexity index is 959. The third-order valence-electron chi connectivity index (χ3n) is 5.13. The van der Waals surface area contributed by atoms with Crippen LogP contribution in [-0.2, 0) is 33.3 Å². The van der Waals surface area contributed by atoms with Crippen molar-refractivity contribution in [2.24, 2.45) is 0 Å². The van der Waals surface area contributed by atoms with Crippen LogP contribution in [0.2, 0.25) is 0 Å². The maximum absolute atomic E-state index is 13.4. The van der Waals surface area contributed by atoms with E-state index in [1.165, 1.54) is 7.11 Å². The summed E-state index contributed by atoms with van der Waals surface area (Å²) >= 11 is 0. The van der Waals surface area contributed by atoms with Gasteiger partial charge in [-0.25, -0.2) is 14.4 Å². The predicted molar refractivity (Wildman–Crippen MR) is 124 cm³/mol. The number of hydrogen-bond acceptors (Lipinski definition) is 9. The molecule has 1 N–H and O–H groups in total. The van der Waals surface area contributed by atoms with Crippen LogP contribution in [0.4, 0.5) is 0 Å². The van der Waals surface area contributed by atoms with Crippen LogP contribution in [0.25, 0.3) is 0 Å². The smallest absolute Gasteiger partial charge is 0.338 e. The Kier molecular flexibility index (Phi) is 10.3. The molecule has 0 saturated carbocycles. The molecule has 1 unspecified atom stereocenters. The highest BCUT2D eigenvalue weighted by Crippen LogP contribution is 2.42. The average Bonchev–Trinajstić information content (AvgIpc) is 2.82. The Morgan fingerprint density at radius 1 is 0.853 bits per heavy atom. The molecular weight excluding hydrogens is 442 g/mol. The van der Waals surface area contributed by atoms with E-state index in [-0.39, 0.29) is 29.9 Å². The van der Waals surface area contributed by atoms with Crippen LogP contribution in [0, 0.1) is 0 Å². The number of ether oxygens (including phenoxy) is 5. The number of methoxy groups -OCH3 is 1. The van der Waals surface area contributed by atoms with E-state index >= 15 is 0 Å². The molecule has 1 aliphatic heterocycles. The topological polar surface area (TPSA) is 109 Å². The zero-order valence-corrected chi connectivity index (χ0v) is 20.6. The number of nitrogens with one attached hydrogen (secondary N) is 1. The molecule has 0 spiro atoms. The van der Waals surface area contributed by atoms with E-state index < -0.39 is 30.1 Å². The van der Waals surface area contributed by atoms with Gasteiger partial charge >= 0.3 is 17.9 Å². The minimum absolute atomic E-state index is 0.0961. The molecule has 0 fully saturated rings. The van der Waals surface area contributed by atoms with Crippen molar-refractivity contribution >= 4 is 17.9 Å². The molecule has 1 aromatic carbocycles. The number of carbonyl (C=O) groups excluding carboxylic acids is 3. The van der Waals surface area contributed by atoms with E-state index in [1.54, 1.807) is 58.9 Å². The summed E-state index contributed by atoms with van der Waals surface area (Å²) in [6.45, 7) is 9.52. The summed E-state index contributed by atoms with van der Waals surface area (Å²) < 4.78 is 27.2. The third kappa shape index (κ3) is 5.84. The fraction of sp³-hybridized carbons (Fsp3) is 0.480. The highest BCUT2D eigenvalue weighted by Gasteiger charge is 2.42. The highest BCUT2D eigenvalue weighted by molar-refractivity contribution is 6.02. The van der Waals surface area contributed by atoms with E-state index in [9.17, 15) is 14.4 Å². The molecule has 1 atom stereocenters. The molecule has 0 saturated heterocycles. The first-order chi connectivity index (χ1) is 16.4. The second-order valence-corrected chi connectivity index (χ2v) is 7.19. The normalized spacial score (nSPS) is 15.8. The van der Waals surface area contributed by atoms with Gasteiger partial charge in [0.1, 0.15) is 0 Å². The summed E-state index contributed by atoms with van der Waals surface area (Å²) in [6, 6.07) is 6.64. The van der Waals surface area contributed by atoms with Gasteiger partial charge in [0.2, 0.25) is 0 Å². The van der Waals surface area contributed by atoms with Crippen LogP contribution in [-0.4, -0.2) is 57.7 Å². The van der Waals surface area contributed by atoms with Crippen LogP contribution >= 0.6 is 0 Å². The van der Waals surface area contributed by atoms with Crippen LogP contribution in [0.1, 0.15) is 56.5 Å². The highest BCUT2D eigenvalue weighted by atomic mass is 16.7. The summed E-state index contributed by atoms with van der Waals surface area (Å²) in [5.74, 6) is -2.89. The van der Waals surface area contributed by atoms with Crippen molar-refractivity contribution in [1.82, 2.24) is 5.32 Å². The maximum atomic E-state index is 13.4. The minimum atomic E-state index is -0.993. The lowest BCUT2D eigenvalue weighted by Crippen LogP contribution is -2.39. The van der Waals surface area contributed by atoms with Crippen molar-refractivity contribution < 1.29 is 38.1 Å². The van der Waals surface area contributed by atoms with E-state index in [4.69, 9.17) is 23.7 Å². The first kappa shape index (κ1) is 27.1. The number of allylic oxidation sites excluding steroid dienone is 1. The summed E-state index contributed by atoms with van der Waals surface area (Å²) in [4.78, 5) is 39.1. The van der Waals surface area contributed by atoms with Crippen LogP contribution < -0.4 is 5.32 Å². The number of hydrogen-bond donors (Lipinski definition) is 1. The van der Waals surface area contributed by atoms with Gasteiger partial charge in [-0.3, -0.25) is 0 Å². The van der Waals surface area contributed by atoms with Gasteiger partial charge in [0.05, 0.1) is 48.6 Å². The van der Waals surface area contributed by atoms with Gasteiger partial charge in [-0.05, 0) is 46.2 Å². The average molecular weight is 476 g/mol. The van der Waals surface area contributed by atoms with Gasteiger partial charge in [0.15, 0.2) is 6.29 Å². The molecule has 2 rings (SSSR count). The van der Waals surface area contributed by atoms with E-state index in [0.717, 1.165) is 0 Å². The molecule has 1 heterocycles. The first-order valence-electron chi connectivity index (χ1n) is 11.3. The summed E-state index contributed by atoms with van der Waals surface area (Å²) in [7, 11) is 1.27. The molecule has 186 valence electrons. The molecule has 1 aliphatic rings. The van der Waals surface area contributed by atoms with E-state index in [1.807, 2.05) is 0 Å². The fourth-order valence-corrected chi connectivity index (χ4v) is 3.83. The Labute approximate surface area is 200 Å². The first-order valence-corrected chi connectivity index (χ1v) is 11.3. The molecule has 0 radical (unpaired) electrons. The van der Waals surface area contributed by atoms with E-state index in [2.05, 4.69) is 5.32 Å². The summed E-state index contributed by atoms with van der Waals surface area (Å²) in [6.07, 6.45) is -0.930. The number of dihydropyridines is 1. The third-order valence-corrected chi connectivity index (χ3v) is 5.13. The molecule has 9 heteroatoms. The molecule has 0 bridgehead atoms. The number of carbonyl (C=O) groups is 3. The SMILES string of the molecule is CCOC(=O)C1=C(C)NC(C(OCC)OCC)=C(C(=O)OCC)C1c1ccccc1C(=O)OC. The predicted octanol–water partition coefficient (Wildman–Crippen LogP) is 3.21. The largest absolute Gasteiger partial charge is 0.465 e. The molecule has 34 heavy (non-hydrogen) atoms. The summed E-state index contributed by atoms with van der Waals surface area (Å²) in [5, 5.41) is 3.12. The monoisotopic (exact) mass is 475 g/mol.